The first-order valence-corrected chi connectivity index (χ1v) is 9.99. The maximum Gasteiger partial charge on any atom is 0.329 e. The van der Waals surface area contributed by atoms with Gasteiger partial charge in [-0.25, -0.2) is 9.18 Å². The summed E-state index contributed by atoms with van der Waals surface area (Å²) < 4.78 is 17.8. The highest BCUT2D eigenvalue weighted by Gasteiger charge is 2.42. The molecule has 0 saturated carbocycles. The zero-order valence-corrected chi connectivity index (χ0v) is 17.8. The fourth-order valence-electron chi connectivity index (χ4n) is 3.02. The lowest BCUT2D eigenvalue weighted by Crippen LogP contribution is -2.44. The predicted molar refractivity (Wildman–Crippen MR) is 110 cm³/mol. The molecule has 0 radical (unpaired) electrons. The van der Waals surface area contributed by atoms with E-state index in [0.29, 0.717) is 6.42 Å². The van der Waals surface area contributed by atoms with Crippen molar-refractivity contribution in [3.05, 3.63) is 69.0 Å². The molecule has 0 aliphatic carbocycles. The molecule has 1 aliphatic heterocycles. The second-order valence-corrected chi connectivity index (χ2v) is 7.62. The molecule has 162 valence electrons. The number of fused-ring (bicyclic) bond motifs is 1. The van der Waals surface area contributed by atoms with Gasteiger partial charge in [-0.1, -0.05) is 35.3 Å². The zero-order chi connectivity index (χ0) is 22.7. The average Bonchev–Trinajstić information content (AvgIpc) is 2.97. The van der Waals surface area contributed by atoms with Crippen LogP contribution in [0.3, 0.4) is 0 Å². The standard InChI is InChI=1S/C21H17Cl2FN2O5/c1-11(26-19(28)14-8-16(22)17(23)9-15(14)20(26)29)21(30)31-10-18(27)25-7-6-12-2-4-13(24)5-3-12/h2-5,8-9,11H,6-7,10H2,1H3,(H,25,27)/t11-/m0/s1. The minimum Gasteiger partial charge on any atom is -0.454 e. The Kier molecular flexibility index (Phi) is 6.92. The van der Waals surface area contributed by atoms with Crippen LogP contribution in [-0.4, -0.2) is 47.8 Å². The first-order valence-electron chi connectivity index (χ1n) is 9.23. The Hall–Kier alpha value is -2.97. The van der Waals surface area contributed by atoms with Gasteiger partial charge in [-0.3, -0.25) is 19.3 Å². The van der Waals surface area contributed by atoms with E-state index in [1.54, 1.807) is 12.1 Å². The maximum atomic E-state index is 12.9. The van der Waals surface area contributed by atoms with Gasteiger partial charge in [-0.15, -0.1) is 0 Å². The van der Waals surface area contributed by atoms with Gasteiger partial charge in [0.05, 0.1) is 21.2 Å². The van der Waals surface area contributed by atoms with E-state index in [0.717, 1.165) is 10.5 Å². The molecule has 1 aliphatic rings. The summed E-state index contributed by atoms with van der Waals surface area (Å²) in [5, 5.41) is 2.78. The van der Waals surface area contributed by atoms with Crippen LogP contribution in [-0.2, 0) is 20.7 Å². The van der Waals surface area contributed by atoms with Gasteiger partial charge < -0.3 is 10.1 Å². The second kappa shape index (κ2) is 9.45. The molecule has 0 spiro atoms. The molecular formula is C21H17Cl2FN2O5. The van der Waals surface area contributed by atoms with Crippen molar-refractivity contribution in [1.82, 2.24) is 10.2 Å². The van der Waals surface area contributed by atoms with Crippen molar-refractivity contribution in [2.75, 3.05) is 13.2 Å². The molecule has 0 bridgehead atoms. The largest absolute Gasteiger partial charge is 0.454 e. The Balaban J connectivity index is 1.51. The van der Waals surface area contributed by atoms with Crippen molar-refractivity contribution in [1.29, 1.82) is 0 Å². The second-order valence-electron chi connectivity index (χ2n) is 6.80. The molecule has 7 nitrogen and oxygen atoms in total. The number of rotatable bonds is 7. The lowest BCUT2D eigenvalue weighted by atomic mass is 10.1. The van der Waals surface area contributed by atoms with E-state index in [1.807, 2.05) is 0 Å². The summed E-state index contributed by atoms with van der Waals surface area (Å²) in [5.41, 5.74) is 0.910. The molecule has 1 heterocycles. The number of ether oxygens (including phenoxy) is 1. The van der Waals surface area contributed by atoms with E-state index >= 15 is 0 Å². The molecule has 0 aromatic heterocycles. The third kappa shape index (κ3) is 5.03. The molecular weight excluding hydrogens is 450 g/mol. The molecule has 3 amide bonds. The molecule has 2 aromatic carbocycles. The van der Waals surface area contributed by atoms with Gasteiger partial charge in [0, 0.05) is 6.54 Å². The van der Waals surface area contributed by atoms with Gasteiger partial charge in [0.15, 0.2) is 6.61 Å². The Bertz CT molecular complexity index is 1020. The first-order chi connectivity index (χ1) is 14.7. The van der Waals surface area contributed by atoms with Crippen LogP contribution in [0.2, 0.25) is 10.0 Å². The Labute approximate surface area is 187 Å². The number of carbonyl (C=O) groups excluding carboxylic acids is 4. The van der Waals surface area contributed by atoms with Gasteiger partial charge in [-0.05, 0) is 43.2 Å². The normalized spacial score (nSPS) is 13.7. The summed E-state index contributed by atoms with van der Waals surface area (Å²) in [6.07, 6.45) is 0.469. The topological polar surface area (TPSA) is 92.8 Å². The Morgan fingerprint density at radius 2 is 1.61 bits per heavy atom. The minimum absolute atomic E-state index is 0.0394. The number of amides is 3. The molecule has 0 saturated heterocycles. The van der Waals surface area contributed by atoms with Crippen LogP contribution in [0.5, 0.6) is 0 Å². The van der Waals surface area contributed by atoms with Gasteiger partial charge in [-0.2, -0.15) is 0 Å². The van der Waals surface area contributed by atoms with E-state index in [9.17, 15) is 23.6 Å². The highest BCUT2D eigenvalue weighted by Crippen LogP contribution is 2.32. The van der Waals surface area contributed by atoms with Crippen molar-refractivity contribution in [2.24, 2.45) is 0 Å². The fraction of sp³-hybridized carbons (Fsp3) is 0.238. The van der Waals surface area contributed by atoms with Crippen molar-refractivity contribution in [3.8, 4) is 0 Å². The van der Waals surface area contributed by atoms with Crippen LogP contribution in [0.15, 0.2) is 36.4 Å². The summed E-state index contributed by atoms with van der Waals surface area (Å²) in [6.45, 7) is 1.00. The molecule has 10 heteroatoms. The third-order valence-electron chi connectivity index (χ3n) is 4.68. The smallest absolute Gasteiger partial charge is 0.329 e. The quantitative estimate of drug-likeness (QED) is 0.499. The number of esters is 1. The molecule has 3 rings (SSSR count). The van der Waals surface area contributed by atoms with Crippen LogP contribution < -0.4 is 5.32 Å². The number of benzene rings is 2. The van der Waals surface area contributed by atoms with Crippen LogP contribution in [0.4, 0.5) is 4.39 Å². The van der Waals surface area contributed by atoms with Gasteiger partial charge in [0.1, 0.15) is 11.9 Å². The average molecular weight is 467 g/mol. The third-order valence-corrected chi connectivity index (χ3v) is 5.40. The summed E-state index contributed by atoms with van der Waals surface area (Å²) in [6, 6.07) is 7.13. The number of carbonyl (C=O) groups is 4. The van der Waals surface area contributed by atoms with E-state index in [2.05, 4.69) is 5.32 Å². The molecule has 1 N–H and O–H groups in total. The monoisotopic (exact) mass is 466 g/mol. The van der Waals surface area contributed by atoms with Crippen molar-refractivity contribution in [3.63, 3.8) is 0 Å². The molecule has 0 unspecified atom stereocenters. The van der Waals surface area contributed by atoms with Crippen LogP contribution in [0.1, 0.15) is 33.2 Å². The molecule has 0 fully saturated rings. The van der Waals surface area contributed by atoms with Crippen molar-refractivity contribution < 1.29 is 28.3 Å². The Morgan fingerprint density at radius 3 is 2.16 bits per heavy atom. The Morgan fingerprint density at radius 1 is 1.06 bits per heavy atom. The summed E-state index contributed by atoms with van der Waals surface area (Å²) in [4.78, 5) is 50.0. The lowest BCUT2D eigenvalue weighted by molar-refractivity contribution is -0.151. The van der Waals surface area contributed by atoms with Crippen LogP contribution in [0.25, 0.3) is 0 Å². The zero-order valence-electron chi connectivity index (χ0n) is 16.3. The highest BCUT2D eigenvalue weighted by atomic mass is 35.5. The molecule has 2 aromatic rings. The molecule has 1 atom stereocenters. The minimum atomic E-state index is -1.25. The number of imide groups is 1. The lowest BCUT2D eigenvalue weighted by Gasteiger charge is -2.20. The number of halogens is 3. The van der Waals surface area contributed by atoms with Gasteiger partial charge >= 0.3 is 5.97 Å². The predicted octanol–water partition coefficient (Wildman–Crippen LogP) is 3.02. The van der Waals surface area contributed by atoms with Crippen LogP contribution >= 0.6 is 23.2 Å². The van der Waals surface area contributed by atoms with Crippen molar-refractivity contribution in [2.45, 2.75) is 19.4 Å². The van der Waals surface area contributed by atoms with Crippen LogP contribution in [0, 0.1) is 5.82 Å². The first kappa shape index (κ1) is 22.7. The van der Waals surface area contributed by atoms with E-state index in [1.165, 1.54) is 31.2 Å². The van der Waals surface area contributed by atoms with E-state index < -0.39 is 36.3 Å². The summed E-state index contributed by atoms with van der Waals surface area (Å²) >= 11 is 11.8. The highest BCUT2D eigenvalue weighted by molar-refractivity contribution is 6.43. The van der Waals surface area contributed by atoms with Gasteiger partial charge in [0.25, 0.3) is 17.7 Å². The van der Waals surface area contributed by atoms with Crippen molar-refractivity contribution >= 4 is 46.9 Å². The van der Waals surface area contributed by atoms with E-state index in [-0.39, 0.29) is 33.5 Å². The molecule has 31 heavy (non-hydrogen) atoms. The van der Waals surface area contributed by atoms with E-state index in [4.69, 9.17) is 27.9 Å². The van der Waals surface area contributed by atoms with Gasteiger partial charge in [0.2, 0.25) is 0 Å². The fourth-order valence-corrected chi connectivity index (χ4v) is 3.34. The maximum absolute atomic E-state index is 12.9. The summed E-state index contributed by atoms with van der Waals surface area (Å²) in [5.74, 6) is -3.22. The number of hydrogen-bond donors (Lipinski definition) is 1. The SMILES string of the molecule is C[C@@H](C(=O)OCC(=O)NCCc1ccc(F)cc1)N1C(=O)c2cc(Cl)c(Cl)cc2C1=O. The number of nitrogens with one attached hydrogen (secondary N) is 1. The summed E-state index contributed by atoms with van der Waals surface area (Å²) in [7, 11) is 0. The number of hydrogen-bond acceptors (Lipinski definition) is 5. The number of nitrogens with zero attached hydrogens (tertiary/aromatic N) is 1.